The fourth-order valence-corrected chi connectivity index (χ4v) is 2.51. The van der Waals surface area contributed by atoms with Gasteiger partial charge in [0, 0.05) is 38.3 Å². The minimum Gasteiger partial charge on any atom is -0.404 e. The van der Waals surface area contributed by atoms with E-state index in [-0.39, 0.29) is 17.7 Å². The molecule has 9 heteroatoms. The van der Waals surface area contributed by atoms with E-state index in [0.717, 1.165) is 6.20 Å². The van der Waals surface area contributed by atoms with E-state index in [1.807, 2.05) is 0 Å². The maximum absolute atomic E-state index is 12.8. The average Bonchev–Trinajstić information content (AvgIpc) is 2.72. The molecule has 0 saturated heterocycles. The Morgan fingerprint density at radius 1 is 1.21 bits per heavy atom. The number of hydrogen-bond donors (Lipinski definition) is 3. The predicted molar refractivity (Wildman–Crippen MR) is 103 cm³/mol. The van der Waals surface area contributed by atoms with Gasteiger partial charge in [-0.1, -0.05) is 12.1 Å². The molecule has 2 heterocycles. The molecule has 28 heavy (non-hydrogen) atoms. The van der Waals surface area contributed by atoms with E-state index in [1.165, 1.54) is 13.2 Å². The summed E-state index contributed by atoms with van der Waals surface area (Å²) in [5, 5.41) is 2.51. The van der Waals surface area contributed by atoms with Crippen LogP contribution in [0.15, 0.2) is 65.7 Å². The number of nitrogens with two attached hydrogens (primary N) is 2. The van der Waals surface area contributed by atoms with Crippen molar-refractivity contribution in [2.24, 2.45) is 16.5 Å². The van der Waals surface area contributed by atoms with Gasteiger partial charge >= 0.3 is 0 Å². The van der Waals surface area contributed by atoms with Crippen molar-refractivity contribution >= 4 is 23.3 Å². The smallest absolute Gasteiger partial charge is 0.287 e. The highest BCUT2D eigenvalue weighted by Gasteiger charge is 2.28. The number of Topliss-reactive ketones (excluding diaryl/α,β-unsaturated/α-hetero) is 1. The lowest BCUT2D eigenvalue weighted by Crippen LogP contribution is -2.48. The Kier molecular flexibility index (Phi) is 7.09. The van der Waals surface area contributed by atoms with Gasteiger partial charge in [0.05, 0.1) is 17.0 Å². The van der Waals surface area contributed by atoms with Gasteiger partial charge in [-0.05, 0) is 23.8 Å². The summed E-state index contributed by atoms with van der Waals surface area (Å²) in [5.74, 6) is -2.76. The predicted octanol–water partition coefficient (Wildman–Crippen LogP) is -0.480. The Hall–Kier alpha value is -3.88. The van der Waals surface area contributed by atoms with E-state index >= 15 is 0 Å². The zero-order valence-corrected chi connectivity index (χ0v) is 15.2. The molecule has 2 aromatic heterocycles. The molecule has 0 aromatic carbocycles. The number of aromatic nitrogens is 2. The van der Waals surface area contributed by atoms with Crippen molar-refractivity contribution in [1.29, 1.82) is 0 Å². The SMILES string of the molecule is CN=C(/C(=C\N)C(=O)NC(Cc1cccnc1)C(=O)C(N)=O)c1ccccn1. The highest BCUT2D eigenvalue weighted by atomic mass is 16.2. The summed E-state index contributed by atoms with van der Waals surface area (Å²) in [6.07, 6.45) is 5.76. The van der Waals surface area contributed by atoms with E-state index in [0.29, 0.717) is 11.3 Å². The number of carbonyl (C=O) groups is 3. The van der Waals surface area contributed by atoms with Crippen LogP contribution in [-0.4, -0.2) is 46.4 Å². The van der Waals surface area contributed by atoms with Crippen molar-refractivity contribution in [1.82, 2.24) is 15.3 Å². The molecule has 0 saturated carbocycles. The number of carbonyl (C=O) groups excluding carboxylic acids is 3. The van der Waals surface area contributed by atoms with Crippen LogP contribution in [-0.2, 0) is 20.8 Å². The summed E-state index contributed by atoms with van der Waals surface area (Å²) < 4.78 is 0. The van der Waals surface area contributed by atoms with Crippen molar-refractivity contribution in [3.63, 3.8) is 0 Å². The van der Waals surface area contributed by atoms with Crippen LogP contribution in [0.3, 0.4) is 0 Å². The molecule has 0 radical (unpaired) electrons. The fraction of sp³-hybridized carbons (Fsp3) is 0.158. The second-order valence-corrected chi connectivity index (χ2v) is 5.69. The second kappa shape index (κ2) is 9.72. The topological polar surface area (TPSA) is 153 Å². The summed E-state index contributed by atoms with van der Waals surface area (Å²) >= 11 is 0. The minimum atomic E-state index is -1.18. The third-order valence-electron chi connectivity index (χ3n) is 3.82. The first-order valence-corrected chi connectivity index (χ1v) is 8.31. The number of nitrogens with one attached hydrogen (secondary N) is 1. The first-order chi connectivity index (χ1) is 13.5. The van der Waals surface area contributed by atoms with Gasteiger partial charge in [-0.2, -0.15) is 0 Å². The average molecular weight is 380 g/mol. The summed E-state index contributed by atoms with van der Waals surface area (Å²) in [5.41, 5.74) is 12.1. The maximum Gasteiger partial charge on any atom is 0.287 e. The van der Waals surface area contributed by atoms with Crippen LogP contribution in [0.25, 0.3) is 0 Å². The molecular weight excluding hydrogens is 360 g/mol. The van der Waals surface area contributed by atoms with Crippen LogP contribution in [0.4, 0.5) is 0 Å². The van der Waals surface area contributed by atoms with Gasteiger partial charge < -0.3 is 16.8 Å². The lowest BCUT2D eigenvalue weighted by Gasteiger charge is -2.18. The third kappa shape index (κ3) is 5.07. The number of hydrogen-bond acceptors (Lipinski definition) is 7. The molecule has 0 aliphatic heterocycles. The molecule has 5 N–H and O–H groups in total. The van der Waals surface area contributed by atoms with Gasteiger partial charge in [0.25, 0.3) is 11.8 Å². The number of rotatable bonds is 8. The van der Waals surface area contributed by atoms with Crippen LogP contribution >= 0.6 is 0 Å². The van der Waals surface area contributed by atoms with Crippen molar-refractivity contribution < 1.29 is 14.4 Å². The van der Waals surface area contributed by atoms with Crippen molar-refractivity contribution in [3.05, 3.63) is 72.0 Å². The fourth-order valence-electron chi connectivity index (χ4n) is 2.51. The highest BCUT2D eigenvalue weighted by Crippen LogP contribution is 2.09. The summed E-state index contributed by atoms with van der Waals surface area (Å²) in [6, 6.07) is 7.34. The van der Waals surface area contributed by atoms with Crippen molar-refractivity contribution in [2.45, 2.75) is 12.5 Å². The quantitative estimate of drug-likeness (QED) is 0.319. The molecule has 2 aromatic rings. The van der Waals surface area contributed by atoms with E-state index < -0.39 is 23.6 Å². The van der Waals surface area contributed by atoms with Gasteiger partial charge in [0.15, 0.2) is 0 Å². The van der Waals surface area contributed by atoms with Crippen LogP contribution < -0.4 is 16.8 Å². The molecule has 0 fully saturated rings. The van der Waals surface area contributed by atoms with E-state index in [1.54, 1.807) is 42.7 Å². The molecule has 0 bridgehead atoms. The maximum atomic E-state index is 12.8. The number of pyridine rings is 2. The lowest BCUT2D eigenvalue weighted by molar-refractivity contribution is -0.138. The number of amides is 2. The Morgan fingerprint density at radius 3 is 2.54 bits per heavy atom. The molecular formula is C19H20N6O3. The van der Waals surface area contributed by atoms with Crippen LogP contribution in [0.5, 0.6) is 0 Å². The van der Waals surface area contributed by atoms with E-state index in [4.69, 9.17) is 11.5 Å². The van der Waals surface area contributed by atoms with Gasteiger partial charge in [0.2, 0.25) is 5.78 Å². The standard InChI is InChI=1S/C19H20N6O3/c1-22-16(14-6-2-3-8-24-14)13(10-20)19(28)25-15(17(26)18(21)27)9-12-5-4-7-23-11-12/h2-8,10-11,15H,9,20H2,1H3,(H2,21,27)(H,25,28)/b13-10+,22-16?. The zero-order valence-electron chi connectivity index (χ0n) is 15.2. The van der Waals surface area contributed by atoms with Gasteiger partial charge in [-0.15, -0.1) is 0 Å². The second-order valence-electron chi connectivity index (χ2n) is 5.69. The lowest BCUT2D eigenvalue weighted by atomic mass is 10.0. The first-order valence-electron chi connectivity index (χ1n) is 8.31. The Labute approximate surface area is 161 Å². The molecule has 1 atom stereocenters. The number of nitrogens with zero attached hydrogens (tertiary/aromatic N) is 3. The van der Waals surface area contributed by atoms with E-state index in [9.17, 15) is 14.4 Å². The van der Waals surface area contributed by atoms with Crippen LogP contribution in [0, 0.1) is 0 Å². The summed E-state index contributed by atoms with van der Waals surface area (Å²) in [4.78, 5) is 48.6. The van der Waals surface area contributed by atoms with Crippen molar-refractivity contribution in [3.8, 4) is 0 Å². The Balaban J connectivity index is 2.27. The van der Waals surface area contributed by atoms with Crippen molar-refractivity contribution in [2.75, 3.05) is 7.05 Å². The molecule has 0 aliphatic rings. The first kappa shape index (κ1) is 20.4. The normalized spacial score (nSPS) is 12.9. The molecule has 144 valence electrons. The van der Waals surface area contributed by atoms with Gasteiger partial charge in [0.1, 0.15) is 6.04 Å². The summed E-state index contributed by atoms with van der Waals surface area (Å²) in [6.45, 7) is 0. The number of aliphatic imine (C=N–C) groups is 1. The summed E-state index contributed by atoms with van der Waals surface area (Å²) in [7, 11) is 1.49. The third-order valence-corrected chi connectivity index (χ3v) is 3.82. The molecule has 1 unspecified atom stereocenters. The Bertz CT molecular complexity index is 910. The monoisotopic (exact) mass is 380 g/mol. The van der Waals surface area contributed by atoms with Gasteiger partial charge in [-0.25, -0.2) is 0 Å². The molecule has 0 spiro atoms. The number of ketones is 1. The van der Waals surface area contributed by atoms with Gasteiger partial charge in [-0.3, -0.25) is 29.3 Å². The van der Waals surface area contributed by atoms with Crippen LogP contribution in [0.2, 0.25) is 0 Å². The molecule has 2 rings (SSSR count). The molecule has 9 nitrogen and oxygen atoms in total. The minimum absolute atomic E-state index is 0.00894. The largest absolute Gasteiger partial charge is 0.404 e. The highest BCUT2D eigenvalue weighted by molar-refractivity contribution is 6.38. The Morgan fingerprint density at radius 2 is 2.00 bits per heavy atom. The number of primary amides is 1. The molecule has 2 amide bonds. The van der Waals surface area contributed by atoms with Crippen LogP contribution in [0.1, 0.15) is 11.3 Å². The molecule has 0 aliphatic carbocycles. The van der Waals surface area contributed by atoms with E-state index in [2.05, 4.69) is 20.3 Å². The zero-order chi connectivity index (χ0) is 20.5.